The van der Waals surface area contributed by atoms with Crippen LogP contribution in [0.4, 0.5) is 0 Å². The molecular formula is C50H79N5O15S. The van der Waals surface area contributed by atoms with Gasteiger partial charge in [0.2, 0.25) is 33.8 Å². The molecule has 2 saturated heterocycles. The van der Waals surface area contributed by atoms with E-state index in [1.54, 1.807) is 65.8 Å². The van der Waals surface area contributed by atoms with Gasteiger partial charge in [-0.1, -0.05) is 73.9 Å². The molecule has 3 rings (SSSR count). The minimum atomic E-state index is -4.00. The van der Waals surface area contributed by atoms with Crippen LogP contribution in [0.3, 0.4) is 0 Å². The molecule has 0 unspecified atom stereocenters. The second-order valence-electron chi connectivity index (χ2n) is 20.3. The number of fused-ring (bicyclic) bond motifs is 1. The van der Waals surface area contributed by atoms with Crippen LogP contribution in [0.1, 0.15) is 113 Å². The van der Waals surface area contributed by atoms with Crippen molar-refractivity contribution in [1.29, 1.82) is 0 Å². The summed E-state index contributed by atoms with van der Waals surface area (Å²) in [4.78, 5) is 117. The fourth-order valence-corrected chi connectivity index (χ4v) is 9.33. The van der Waals surface area contributed by atoms with Gasteiger partial charge in [0.05, 0.1) is 37.9 Å². The number of sulfonamides is 1. The number of aliphatic hydroxyl groups excluding tert-OH is 1. The molecule has 2 aliphatic rings. The average Bonchev–Trinajstić information content (AvgIpc) is 3.79. The highest BCUT2D eigenvalue weighted by atomic mass is 32.2. The number of Topliss-reactive ketones (excluding diaryl/α,β-unsaturated/α-hetero) is 1. The third-order valence-corrected chi connectivity index (χ3v) is 14.6. The number of rotatable bonds is 14. The predicted molar refractivity (Wildman–Crippen MR) is 262 cm³/mol. The molecule has 20 nitrogen and oxygen atoms in total. The molecule has 0 saturated carbocycles. The SMILES string of the molecule is CC[C@H](C)[C@H]1NC(=O)[C@@H](OC(=O)[C@@H](CC(C)C)N(C)S(C)(=O)=O)[C@@H](C)OC(=O)[C@H](Cc2ccc(OC)cc2)N(C)C(=O)[C@@H]2CCCN2C(=O)[C@H](CC(C)C)NC(=O)[C@@H](C)C(=O)[C@H](C(C)C)OC(=O)C[C@@H]1O. The fraction of sp³-hybridized carbons (Fsp3) is 0.720. The molecule has 1 aromatic carbocycles. The van der Waals surface area contributed by atoms with Crippen LogP contribution in [0.2, 0.25) is 0 Å². The number of nitrogens with one attached hydrogen (secondary N) is 2. The molecular weight excluding hydrogens is 943 g/mol. The summed E-state index contributed by atoms with van der Waals surface area (Å²) >= 11 is 0. The quantitative estimate of drug-likeness (QED) is 0.138. The molecule has 2 aliphatic heterocycles. The maximum absolute atomic E-state index is 14.7. The van der Waals surface area contributed by atoms with Crippen molar-refractivity contribution < 1.29 is 70.8 Å². The Hall–Kier alpha value is -5.15. The Balaban J connectivity index is 2.29. The first-order valence-electron chi connectivity index (χ1n) is 24.6. The van der Waals surface area contributed by atoms with Crippen LogP contribution < -0.4 is 15.4 Å². The van der Waals surface area contributed by atoms with Crippen molar-refractivity contribution in [2.75, 3.05) is 34.0 Å². The number of aliphatic hydroxyl groups is 1. The summed E-state index contributed by atoms with van der Waals surface area (Å²) in [6, 6.07) is 0.305. The van der Waals surface area contributed by atoms with Gasteiger partial charge < -0.3 is 44.5 Å². The van der Waals surface area contributed by atoms with Gasteiger partial charge >= 0.3 is 17.9 Å². The van der Waals surface area contributed by atoms with Gasteiger partial charge in [0.25, 0.3) is 5.91 Å². The number of likely N-dealkylation sites (N-methyl/N-ethyl adjacent to an activating group) is 2. The number of esters is 3. The summed E-state index contributed by atoms with van der Waals surface area (Å²) in [7, 11) is 0.0463. The van der Waals surface area contributed by atoms with Gasteiger partial charge in [-0.05, 0) is 80.9 Å². The smallest absolute Gasteiger partial charge is 0.329 e. The molecule has 0 radical (unpaired) electrons. The van der Waals surface area contributed by atoms with Crippen LogP contribution in [0.25, 0.3) is 0 Å². The van der Waals surface area contributed by atoms with E-state index in [1.165, 1.54) is 40.0 Å². The first kappa shape index (κ1) is 60.2. The zero-order chi connectivity index (χ0) is 53.8. The molecule has 0 aliphatic carbocycles. The fourth-order valence-electron chi connectivity index (χ4n) is 8.69. The average molecular weight is 1020 g/mol. The molecule has 0 spiro atoms. The Morgan fingerprint density at radius 2 is 1.54 bits per heavy atom. The molecule has 2 fully saturated rings. The molecule has 3 N–H and O–H groups in total. The molecule has 11 atom stereocenters. The molecule has 0 bridgehead atoms. The van der Waals surface area contributed by atoms with Crippen molar-refractivity contribution in [2.45, 2.75) is 169 Å². The van der Waals surface area contributed by atoms with Crippen molar-refractivity contribution in [3.63, 3.8) is 0 Å². The molecule has 21 heteroatoms. The highest BCUT2D eigenvalue weighted by molar-refractivity contribution is 7.88. The lowest BCUT2D eigenvalue weighted by atomic mass is 9.91. The number of ether oxygens (including phenoxy) is 4. The zero-order valence-electron chi connectivity index (χ0n) is 44.0. The monoisotopic (exact) mass is 1020 g/mol. The van der Waals surface area contributed by atoms with Gasteiger partial charge in [0, 0.05) is 27.1 Å². The largest absolute Gasteiger partial charge is 0.497 e. The van der Waals surface area contributed by atoms with Gasteiger partial charge in [-0.25, -0.2) is 13.2 Å². The van der Waals surface area contributed by atoms with E-state index in [4.69, 9.17) is 18.9 Å². The zero-order valence-corrected chi connectivity index (χ0v) is 44.8. The summed E-state index contributed by atoms with van der Waals surface area (Å²) in [6.45, 7) is 16.6. The number of carbonyl (C=O) groups excluding carboxylic acids is 8. The summed E-state index contributed by atoms with van der Waals surface area (Å²) in [5.74, 6) is -9.57. The van der Waals surface area contributed by atoms with E-state index in [1.807, 2.05) is 13.8 Å². The minimum Gasteiger partial charge on any atom is -0.497 e. The van der Waals surface area contributed by atoms with Crippen molar-refractivity contribution in [1.82, 2.24) is 24.7 Å². The standard InChI is InChI=1S/C50H79N5O15S/c1-15-30(8)41-39(56)26-40(57)69-43(29(6)7)42(58)31(9)45(59)51-35(23-27(2)3)47(61)55-22-16-17-36(55)48(62)53(11)37(25-33-18-20-34(67-13)21-19-33)49(63)68-32(10)44(46(60)52-41)70-50(64)38(24-28(4)5)54(12)71(14,65)66/h18-21,27-32,35-39,41,43-44,56H,15-17,22-26H2,1-14H3,(H,51,59)(H,52,60)/t30-,31-,32+,35-,36-,37-,38+,39-,41+,43-,44-/m0/s1. The second-order valence-corrected chi connectivity index (χ2v) is 22.3. The first-order valence-corrected chi connectivity index (χ1v) is 26.4. The van der Waals surface area contributed by atoms with Crippen LogP contribution in [-0.4, -0.2) is 164 Å². The van der Waals surface area contributed by atoms with Gasteiger partial charge in [-0.2, -0.15) is 4.31 Å². The second kappa shape index (κ2) is 26.5. The van der Waals surface area contributed by atoms with Gasteiger partial charge in [-0.15, -0.1) is 0 Å². The van der Waals surface area contributed by atoms with Crippen LogP contribution in [0.5, 0.6) is 5.75 Å². The van der Waals surface area contributed by atoms with E-state index in [2.05, 4.69) is 10.6 Å². The van der Waals surface area contributed by atoms with Crippen LogP contribution in [-0.2, 0) is 69.0 Å². The summed E-state index contributed by atoms with van der Waals surface area (Å²) in [5, 5.41) is 17.1. The number of hydrogen-bond acceptors (Lipinski definition) is 15. The van der Waals surface area contributed by atoms with E-state index in [-0.39, 0.29) is 44.1 Å². The van der Waals surface area contributed by atoms with Crippen LogP contribution in [0, 0.1) is 29.6 Å². The normalized spacial score (nSPS) is 27.3. The lowest BCUT2D eigenvalue weighted by Gasteiger charge is -2.35. The Bertz CT molecular complexity index is 2150. The first-order chi connectivity index (χ1) is 33.0. The molecule has 71 heavy (non-hydrogen) atoms. The summed E-state index contributed by atoms with van der Waals surface area (Å²) in [6.07, 6.45) is -5.69. The van der Waals surface area contributed by atoms with Crippen molar-refractivity contribution in [3.8, 4) is 5.75 Å². The van der Waals surface area contributed by atoms with Crippen LogP contribution in [0.15, 0.2) is 24.3 Å². The Labute approximate surface area is 419 Å². The van der Waals surface area contributed by atoms with E-state index in [0.29, 0.717) is 24.2 Å². The van der Waals surface area contributed by atoms with Crippen molar-refractivity contribution >= 4 is 57.3 Å². The number of carbonyl (C=O) groups is 8. The van der Waals surface area contributed by atoms with E-state index >= 15 is 0 Å². The molecule has 1 aromatic rings. The molecule has 2 heterocycles. The maximum atomic E-state index is 14.7. The van der Waals surface area contributed by atoms with E-state index < -0.39 is 136 Å². The topological polar surface area (TPSA) is 262 Å². The number of nitrogens with zero attached hydrogens (tertiary/aromatic N) is 3. The number of amides is 4. The van der Waals surface area contributed by atoms with Gasteiger partial charge in [0.1, 0.15) is 36.0 Å². The van der Waals surface area contributed by atoms with Gasteiger partial charge in [0.15, 0.2) is 11.9 Å². The number of ketones is 1. The minimum absolute atomic E-state index is 0.0279. The maximum Gasteiger partial charge on any atom is 0.329 e. The van der Waals surface area contributed by atoms with E-state index in [9.17, 15) is 51.9 Å². The lowest BCUT2D eigenvalue weighted by molar-refractivity contribution is -0.177. The van der Waals surface area contributed by atoms with Crippen LogP contribution >= 0.6 is 0 Å². The lowest BCUT2D eigenvalue weighted by Crippen LogP contribution is -2.57. The Morgan fingerprint density at radius 1 is 0.915 bits per heavy atom. The number of cyclic esters (lactones) is 2. The van der Waals surface area contributed by atoms with Crippen molar-refractivity contribution in [3.05, 3.63) is 29.8 Å². The third-order valence-electron chi connectivity index (χ3n) is 13.3. The molecule has 0 aromatic heterocycles. The highest BCUT2D eigenvalue weighted by Crippen LogP contribution is 2.27. The van der Waals surface area contributed by atoms with E-state index in [0.717, 1.165) is 15.5 Å². The summed E-state index contributed by atoms with van der Waals surface area (Å²) < 4.78 is 49.2. The third kappa shape index (κ3) is 16.4. The Kier molecular flexibility index (Phi) is 22.5. The molecule has 400 valence electrons. The molecule has 4 amide bonds. The van der Waals surface area contributed by atoms with Gasteiger partial charge in [-0.3, -0.25) is 33.6 Å². The number of methoxy groups -OCH3 is 1. The Morgan fingerprint density at radius 3 is 2.07 bits per heavy atom. The predicted octanol–water partition coefficient (Wildman–Crippen LogP) is 2.80. The summed E-state index contributed by atoms with van der Waals surface area (Å²) in [5.41, 5.74) is 0.560. The van der Waals surface area contributed by atoms with Crippen molar-refractivity contribution in [2.24, 2.45) is 29.6 Å². The number of hydrogen-bond donors (Lipinski definition) is 3. The highest BCUT2D eigenvalue weighted by Gasteiger charge is 2.45. The number of benzene rings is 1.